The van der Waals surface area contributed by atoms with Crippen LogP contribution >= 0.6 is 0 Å². The Morgan fingerprint density at radius 1 is 1.24 bits per heavy atom. The Kier molecular flexibility index (Phi) is 7.47. The molecule has 7 heteroatoms. The van der Waals surface area contributed by atoms with Crippen LogP contribution in [-0.2, 0) is 11.3 Å². The molecule has 7 nitrogen and oxygen atoms in total. The Morgan fingerprint density at radius 2 is 1.93 bits per heavy atom. The number of nitrogens with zero attached hydrogens (tertiary/aromatic N) is 1. The van der Waals surface area contributed by atoms with Gasteiger partial charge in [0.15, 0.2) is 0 Å². The van der Waals surface area contributed by atoms with Gasteiger partial charge in [-0.05, 0) is 41.3 Å². The van der Waals surface area contributed by atoms with E-state index in [9.17, 15) is 9.90 Å². The number of nitrogen functional groups attached to an aromatic ring is 1. The van der Waals surface area contributed by atoms with E-state index < -0.39 is 5.97 Å². The molecule has 158 valence electrons. The molecule has 1 atom stereocenters. The highest BCUT2D eigenvalue weighted by molar-refractivity contribution is 5.76. The number of carboxylic acid groups (broad SMARTS) is 1. The third-order valence-electron chi connectivity index (χ3n) is 4.96. The number of hydrogen-bond donors (Lipinski definition) is 4. The zero-order valence-electron chi connectivity index (χ0n) is 17.8. The normalized spacial score (nSPS) is 12.1. The number of anilines is 2. The minimum atomic E-state index is -0.880. The van der Waals surface area contributed by atoms with Crippen molar-refractivity contribution < 1.29 is 14.6 Å². The largest absolute Gasteiger partial charge is 0.494 e. The molecule has 2 aromatic rings. The van der Waals surface area contributed by atoms with Crippen molar-refractivity contribution in [2.45, 2.75) is 45.7 Å². The lowest BCUT2D eigenvalue weighted by molar-refractivity contribution is -0.137. The predicted octanol–water partition coefficient (Wildman–Crippen LogP) is 3.00. The topological polar surface area (TPSA) is 114 Å². The molecule has 0 radical (unpaired) electrons. The molecule has 6 N–H and O–H groups in total. The fourth-order valence-corrected chi connectivity index (χ4v) is 3.40. The monoisotopic (exact) mass is 400 g/mol. The van der Waals surface area contributed by atoms with Crippen molar-refractivity contribution in [3.8, 4) is 5.75 Å². The van der Waals surface area contributed by atoms with Crippen LogP contribution in [0.3, 0.4) is 0 Å². The standard InChI is InChI=1S/C22H32N4O3/c1-13(2)25-12-17-8-15(7-6-14(17)3)18(11-21(27)28)16-9-19(23)22(26(4)24)20(10-16)29-5/h6-10,13,18,25H,11-12,23-24H2,1-5H3,(H,27,28). The van der Waals surface area contributed by atoms with Gasteiger partial charge < -0.3 is 25.9 Å². The second-order valence-electron chi connectivity index (χ2n) is 7.64. The molecule has 0 bridgehead atoms. The first-order chi connectivity index (χ1) is 13.6. The summed E-state index contributed by atoms with van der Waals surface area (Å²) in [6.07, 6.45) is -0.0550. The zero-order valence-corrected chi connectivity index (χ0v) is 17.8. The van der Waals surface area contributed by atoms with Crippen molar-refractivity contribution in [2.24, 2.45) is 5.84 Å². The van der Waals surface area contributed by atoms with Crippen LogP contribution in [0.15, 0.2) is 30.3 Å². The first-order valence-electron chi connectivity index (χ1n) is 9.64. The molecule has 0 saturated carbocycles. The molecular formula is C22H32N4O3. The summed E-state index contributed by atoms with van der Waals surface area (Å²) in [5.74, 6) is 5.14. The van der Waals surface area contributed by atoms with Gasteiger partial charge in [0.25, 0.3) is 0 Å². The van der Waals surface area contributed by atoms with Crippen LogP contribution in [0, 0.1) is 6.92 Å². The number of aliphatic carboxylic acids is 1. The van der Waals surface area contributed by atoms with E-state index in [0.717, 1.165) is 28.8 Å². The Balaban J connectivity index is 2.54. The first-order valence-corrected chi connectivity index (χ1v) is 9.64. The number of ether oxygens (including phenoxy) is 1. The highest BCUT2D eigenvalue weighted by atomic mass is 16.5. The van der Waals surface area contributed by atoms with E-state index in [2.05, 4.69) is 32.2 Å². The molecule has 29 heavy (non-hydrogen) atoms. The molecule has 0 amide bonds. The number of rotatable bonds is 9. The maximum atomic E-state index is 11.6. The summed E-state index contributed by atoms with van der Waals surface area (Å²) in [6.45, 7) is 6.97. The van der Waals surface area contributed by atoms with Gasteiger partial charge in [-0.25, -0.2) is 5.84 Å². The molecule has 0 aliphatic carbocycles. The summed E-state index contributed by atoms with van der Waals surface area (Å²) in [4.78, 5) is 11.6. The summed E-state index contributed by atoms with van der Waals surface area (Å²) in [7, 11) is 3.22. The lowest BCUT2D eigenvalue weighted by Crippen LogP contribution is -2.26. The third-order valence-corrected chi connectivity index (χ3v) is 4.96. The number of carbonyl (C=O) groups is 1. The van der Waals surface area contributed by atoms with E-state index in [1.165, 1.54) is 5.01 Å². The van der Waals surface area contributed by atoms with Crippen molar-refractivity contribution >= 4 is 17.3 Å². The Hall–Kier alpha value is -2.77. The summed E-state index contributed by atoms with van der Waals surface area (Å²) in [5, 5.41) is 14.4. The highest BCUT2D eigenvalue weighted by Gasteiger charge is 2.22. The van der Waals surface area contributed by atoms with E-state index in [1.807, 2.05) is 18.2 Å². The van der Waals surface area contributed by atoms with E-state index in [1.54, 1.807) is 20.2 Å². The van der Waals surface area contributed by atoms with Crippen LogP contribution in [0.1, 0.15) is 48.4 Å². The van der Waals surface area contributed by atoms with Gasteiger partial charge in [0, 0.05) is 25.6 Å². The van der Waals surface area contributed by atoms with Crippen LogP contribution in [0.5, 0.6) is 5.75 Å². The van der Waals surface area contributed by atoms with Crippen LogP contribution in [0.4, 0.5) is 11.4 Å². The third kappa shape index (κ3) is 5.62. The molecular weight excluding hydrogens is 368 g/mol. The van der Waals surface area contributed by atoms with Crippen LogP contribution in [0.2, 0.25) is 0 Å². The summed E-state index contributed by atoms with van der Waals surface area (Å²) in [6, 6.07) is 10.0. The van der Waals surface area contributed by atoms with E-state index in [0.29, 0.717) is 23.2 Å². The van der Waals surface area contributed by atoms with E-state index in [-0.39, 0.29) is 12.3 Å². The Labute approximate surface area is 172 Å². The Bertz CT molecular complexity index is 865. The SMILES string of the molecule is COc1cc(C(CC(=O)O)c2ccc(C)c(CNC(C)C)c2)cc(N)c1N(C)N. The van der Waals surface area contributed by atoms with Gasteiger partial charge in [0.05, 0.1) is 19.2 Å². The van der Waals surface area contributed by atoms with Gasteiger partial charge in [-0.1, -0.05) is 32.0 Å². The van der Waals surface area contributed by atoms with Crippen LogP contribution < -0.4 is 26.6 Å². The first kappa shape index (κ1) is 22.5. The smallest absolute Gasteiger partial charge is 0.304 e. The molecule has 1 unspecified atom stereocenters. The summed E-state index contributed by atoms with van der Waals surface area (Å²) in [5.41, 5.74) is 11.2. The molecule has 0 aromatic heterocycles. The maximum absolute atomic E-state index is 11.6. The molecule has 0 aliphatic heterocycles. The summed E-state index contributed by atoms with van der Waals surface area (Å²) < 4.78 is 5.47. The second-order valence-corrected chi connectivity index (χ2v) is 7.64. The molecule has 2 rings (SSSR count). The van der Waals surface area contributed by atoms with E-state index in [4.69, 9.17) is 16.3 Å². The average molecular weight is 401 g/mol. The Morgan fingerprint density at radius 3 is 2.48 bits per heavy atom. The van der Waals surface area contributed by atoms with Gasteiger partial charge in [-0.15, -0.1) is 0 Å². The van der Waals surface area contributed by atoms with Gasteiger partial charge in [0.1, 0.15) is 11.4 Å². The second kappa shape index (κ2) is 9.62. The fourth-order valence-electron chi connectivity index (χ4n) is 3.40. The molecule has 0 spiro atoms. The maximum Gasteiger partial charge on any atom is 0.304 e. The van der Waals surface area contributed by atoms with Crippen molar-refractivity contribution in [1.29, 1.82) is 0 Å². The minimum Gasteiger partial charge on any atom is -0.494 e. The lowest BCUT2D eigenvalue weighted by atomic mass is 9.86. The number of methoxy groups -OCH3 is 1. The minimum absolute atomic E-state index is 0.0550. The molecule has 0 saturated heterocycles. The van der Waals surface area contributed by atoms with Crippen molar-refractivity contribution in [1.82, 2.24) is 5.32 Å². The summed E-state index contributed by atoms with van der Waals surface area (Å²) >= 11 is 0. The van der Waals surface area contributed by atoms with Crippen LogP contribution in [0.25, 0.3) is 0 Å². The average Bonchev–Trinajstić information content (AvgIpc) is 2.64. The van der Waals surface area contributed by atoms with Gasteiger partial charge in [-0.3, -0.25) is 4.79 Å². The number of nitrogens with two attached hydrogens (primary N) is 2. The molecule has 0 aliphatic rings. The van der Waals surface area contributed by atoms with Gasteiger partial charge in [-0.2, -0.15) is 0 Å². The number of nitrogens with one attached hydrogen (secondary N) is 1. The number of benzene rings is 2. The highest BCUT2D eigenvalue weighted by Crippen LogP contribution is 2.39. The molecule has 2 aromatic carbocycles. The van der Waals surface area contributed by atoms with Crippen molar-refractivity contribution in [3.05, 3.63) is 52.6 Å². The van der Waals surface area contributed by atoms with Gasteiger partial charge >= 0.3 is 5.97 Å². The fraction of sp³-hybridized carbons (Fsp3) is 0.409. The van der Waals surface area contributed by atoms with Crippen molar-refractivity contribution in [3.63, 3.8) is 0 Å². The quantitative estimate of drug-likeness (QED) is 0.291. The van der Waals surface area contributed by atoms with Crippen molar-refractivity contribution in [2.75, 3.05) is 24.9 Å². The molecule has 0 heterocycles. The predicted molar refractivity (Wildman–Crippen MR) is 117 cm³/mol. The lowest BCUT2D eigenvalue weighted by Gasteiger charge is -2.23. The van der Waals surface area contributed by atoms with E-state index >= 15 is 0 Å². The number of hydrazine groups is 1. The molecule has 0 fully saturated rings. The number of carboxylic acids is 1. The van der Waals surface area contributed by atoms with Gasteiger partial charge in [0.2, 0.25) is 0 Å². The number of hydrogen-bond acceptors (Lipinski definition) is 6. The number of aryl methyl sites for hydroxylation is 1. The van der Waals surface area contributed by atoms with Crippen LogP contribution in [-0.4, -0.2) is 31.3 Å². The zero-order chi connectivity index (χ0) is 21.7.